The minimum absolute atomic E-state index is 0.0930. The molecule has 2 amide bonds. The Kier molecular flexibility index (Phi) is 4.13. The monoisotopic (exact) mass is 299 g/mol. The van der Waals surface area contributed by atoms with Gasteiger partial charge < -0.3 is 10.6 Å². The van der Waals surface area contributed by atoms with Crippen molar-refractivity contribution >= 4 is 11.8 Å². The smallest absolute Gasteiger partial charge is 0.251 e. The second kappa shape index (κ2) is 6.38. The molecule has 2 aromatic heterocycles. The third-order valence-corrected chi connectivity index (χ3v) is 3.68. The van der Waals surface area contributed by atoms with Gasteiger partial charge in [-0.3, -0.25) is 14.2 Å². The predicted octanol–water partition coefficient (Wildman–Crippen LogP) is 0.523. The van der Waals surface area contributed by atoms with Crippen LogP contribution in [0.25, 0.3) is 5.82 Å². The van der Waals surface area contributed by atoms with Crippen molar-refractivity contribution in [3.8, 4) is 5.82 Å². The average Bonchev–Trinajstić information content (AvgIpc) is 3.19. The van der Waals surface area contributed by atoms with E-state index in [4.69, 9.17) is 0 Å². The van der Waals surface area contributed by atoms with Gasteiger partial charge in [-0.2, -0.15) is 0 Å². The van der Waals surface area contributed by atoms with Gasteiger partial charge in [-0.1, -0.05) is 0 Å². The number of aromatic nitrogens is 3. The van der Waals surface area contributed by atoms with Crippen LogP contribution in [0.4, 0.5) is 0 Å². The SMILES string of the molecule is O=C1CC(CCNC(=O)c2ccnc(-n3ccnc3)c2)CN1. The summed E-state index contributed by atoms with van der Waals surface area (Å²) < 4.78 is 1.74. The van der Waals surface area contributed by atoms with Gasteiger partial charge in [0.25, 0.3) is 5.91 Å². The third kappa shape index (κ3) is 3.30. The predicted molar refractivity (Wildman–Crippen MR) is 79.4 cm³/mol. The molecule has 1 saturated heterocycles. The maximum Gasteiger partial charge on any atom is 0.251 e. The van der Waals surface area contributed by atoms with Gasteiger partial charge in [0.15, 0.2) is 0 Å². The summed E-state index contributed by atoms with van der Waals surface area (Å²) in [5.74, 6) is 0.916. The number of imidazole rings is 1. The van der Waals surface area contributed by atoms with Crippen LogP contribution in [0.5, 0.6) is 0 Å². The van der Waals surface area contributed by atoms with E-state index in [9.17, 15) is 9.59 Å². The van der Waals surface area contributed by atoms with Crippen molar-refractivity contribution < 1.29 is 9.59 Å². The Morgan fingerprint density at radius 2 is 2.36 bits per heavy atom. The molecule has 3 rings (SSSR count). The molecule has 7 nitrogen and oxygen atoms in total. The van der Waals surface area contributed by atoms with Crippen LogP contribution in [0.15, 0.2) is 37.1 Å². The number of pyridine rings is 1. The summed E-state index contributed by atoms with van der Waals surface area (Å²) in [6.45, 7) is 1.26. The number of nitrogens with zero attached hydrogens (tertiary/aromatic N) is 3. The first-order valence-corrected chi connectivity index (χ1v) is 7.21. The van der Waals surface area contributed by atoms with Crippen molar-refractivity contribution in [3.05, 3.63) is 42.6 Å². The highest BCUT2D eigenvalue weighted by Crippen LogP contribution is 2.12. The van der Waals surface area contributed by atoms with Crippen LogP contribution in [0.1, 0.15) is 23.2 Å². The van der Waals surface area contributed by atoms with Gasteiger partial charge in [0.05, 0.1) is 0 Å². The van der Waals surface area contributed by atoms with Crippen molar-refractivity contribution in [1.29, 1.82) is 0 Å². The normalized spacial score (nSPS) is 17.3. The molecule has 0 radical (unpaired) electrons. The standard InChI is InChI=1S/C15H17N5O2/c21-14-7-11(9-19-14)1-3-18-15(22)12-2-4-17-13(8-12)20-6-5-16-10-20/h2,4-6,8,10-11H,1,3,7,9H2,(H,18,22)(H,19,21). The number of rotatable bonds is 5. The molecule has 7 heteroatoms. The van der Waals surface area contributed by atoms with Gasteiger partial charge in [0.2, 0.25) is 5.91 Å². The van der Waals surface area contributed by atoms with Gasteiger partial charge in [-0.25, -0.2) is 9.97 Å². The van der Waals surface area contributed by atoms with Gasteiger partial charge >= 0.3 is 0 Å². The van der Waals surface area contributed by atoms with E-state index in [2.05, 4.69) is 20.6 Å². The first-order chi connectivity index (χ1) is 10.7. The summed E-state index contributed by atoms with van der Waals surface area (Å²) in [6.07, 6.45) is 8.01. The van der Waals surface area contributed by atoms with E-state index in [0.717, 1.165) is 6.42 Å². The highest BCUT2D eigenvalue weighted by atomic mass is 16.2. The second-order valence-electron chi connectivity index (χ2n) is 5.29. The van der Waals surface area contributed by atoms with E-state index in [0.29, 0.717) is 36.8 Å². The molecule has 2 aromatic rings. The van der Waals surface area contributed by atoms with E-state index >= 15 is 0 Å². The van der Waals surface area contributed by atoms with E-state index in [1.165, 1.54) is 0 Å². The molecule has 1 aliphatic heterocycles. The molecule has 1 aliphatic rings. The van der Waals surface area contributed by atoms with Crippen LogP contribution < -0.4 is 10.6 Å². The maximum atomic E-state index is 12.2. The average molecular weight is 299 g/mol. The first-order valence-electron chi connectivity index (χ1n) is 7.21. The Bertz CT molecular complexity index is 668. The third-order valence-electron chi connectivity index (χ3n) is 3.68. The summed E-state index contributed by atoms with van der Waals surface area (Å²) in [5.41, 5.74) is 0.555. The van der Waals surface area contributed by atoms with Gasteiger partial charge in [-0.15, -0.1) is 0 Å². The van der Waals surface area contributed by atoms with Crippen LogP contribution >= 0.6 is 0 Å². The second-order valence-corrected chi connectivity index (χ2v) is 5.29. The molecule has 0 aliphatic carbocycles. The van der Waals surface area contributed by atoms with Crippen molar-refractivity contribution in [3.63, 3.8) is 0 Å². The van der Waals surface area contributed by atoms with Crippen molar-refractivity contribution in [1.82, 2.24) is 25.2 Å². The Hall–Kier alpha value is -2.70. The van der Waals surface area contributed by atoms with Crippen LogP contribution in [0, 0.1) is 5.92 Å². The van der Waals surface area contributed by atoms with Crippen LogP contribution in [-0.2, 0) is 4.79 Å². The molecular formula is C15H17N5O2. The van der Waals surface area contributed by atoms with Crippen molar-refractivity contribution in [2.75, 3.05) is 13.1 Å². The van der Waals surface area contributed by atoms with E-state index in [1.54, 1.807) is 41.6 Å². The summed E-state index contributed by atoms with van der Waals surface area (Å²) in [7, 11) is 0. The molecule has 1 unspecified atom stereocenters. The van der Waals surface area contributed by atoms with Gasteiger partial charge in [-0.05, 0) is 24.5 Å². The Labute approximate surface area is 127 Å². The molecule has 114 valence electrons. The maximum absolute atomic E-state index is 12.2. The molecule has 1 fully saturated rings. The molecule has 0 saturated carbocycles. The number of carbonyl (C=O) groups excluding carboxylic acids is 2. The lowest BCUT2D eigenvalue weighted by Crippen LogP contribution is -2.26. The van der Waals surface area contributed by atoms with E-state index in [1.807, 2.05) is 0 Å². The number of amides is 2. The lowest BCUT2D eigenvalue weighted by molar-refractivity contribution is -0.119. The summed E-state index contributed by atoms with van der Waals surface area (Å²) in [4.78, 5) is 31.4. The van der Waals surface area contributed by atoms with E-state index in [-0.39, 0.29) is 11.8 Å². The fourth-order valence-electron chi connectivity index (χ4n) is 2.46. The topological polar surface area (TPSA) is 88.9 Å². The number of hydrogen-bond acceptors (Lipinski definition) is 4. The molecule has 0 aromatic carbocycles. The Morgan fingerprint density at radius 1 is 1.45 bits per heavy atom. The van der Waals surface area contributed by atoms with Crippen LogP contribution in [-0.4, -0.2) is 39.4 Å². The zero-order chi connectivity index (χ0) is 15.4. The molecule has 22 heavy (non-hydrogen) atoms. The number of carbonyl (C=O) groups is 2. The van der Waals surface area contributed by atoms with E-state index < -0.39 is 0 Å². The molecule has 0 spiro atoms. The minimum atomic E-state index is -0.138. The molecule has 2 N–H and O–H groups in total. The summed E-state index contributed by atoms with van der Waals surface area (Å²) >= 11 is 0. The highest BCUT2D eigenvalue weighted by molar-refractivity contribution is 5.94. The molecule has 3 heterocycles. The van der Waals surface area contributed by atoms with Gasteiger partial charge in [0, 0.05) is 43.7 Å². The quantitative estimate of drug-likeness (QED) is 0.842. The number of nitrogens with one attached hydrogen (secondary N) is 2. The van der Waals surface area contributed by atoms with Crippen LogP contribution in [0.3, 0.4) is 0 Å². The number of hydrogen-bond donors (Lipinski definition) is 2. The largest absolute Gasteiger partial charge is 0.356 e. The Balaban J connectivity index is 1.56. The van der Waals surface area contributed by atoms with Crippen LogP contribution in [0.2, 0.25) is 0 Å². The minimum Gasteiger partial charge on any atom is -0.356 e. The summed E-state index contributed by atoms with van der Waals surface area (Å²) in [6, 6.07) is 3.40. The fourth-order valence-corrected chi connectivity index (χ4v) is 2.46. The fraction of sp³-hybridized carbons (Fsp3) is 0.333. The summed E-state index contributed by atoms with van der Waals surface area (Å²) in [5, 5.41) is 5.68. The van der Waals surface area contributed by atoms with Crippen molar-refractivity contribution in [2.24, 2.45) is 5.92 Å². The Morgan fingerprint density at radius 3 is 3.09 bits per heavy atom. The highest BCUT2D eigenvalue weighted by Gasteiger charge is 2.21. The molecular weight excluding hydrogens is 282 g/mol. The lowest BCUT2D eigenvalue weighted by Gasteiger charge is -2.09. The molecule has 0 bridgehead atoms. The zero-order valence-corrected chi connectivity index (χ0v) is 12.0. The zero-order valence-electron chi connectivity index (χ0n) is 12.0. The lowest BCUT2D eigenvalue weighted by atomic mass is 10.1. The van der Waals surface area contributed by atoms with Crippen molar-refractivity contribution in [2.45, 2.75) is 12.8 Å². The first kappa shape index (κ1) is 14.2. The molecule has 1 atom stereocenters. The van der Waals surface area contributed by atoms with Gasteiger partial charge in [0.1, 0.15) is 12.1 Å².